The van der Waals surface area contributed by atoms with E-state index >= 15 is 0 Å². The number of hydrogen-bond donors (Lipinski definition) is 0. The Morgan fingerprint density at radius 1 is 1.36 bits per heavy atom. The van der Waals surface area contributed by atoms with E-state index in [0.717, 1.165) is 5.69 Å². The number of ether oxygens (including phenoxy) is 1. The standard InChI is InChI=1S/C17H24ClN5O2/c1-17(2,3)25-12-21(4)11-15(24)22(5)14-10-23(20-16(14)18)13-7-6-8-19-9-13/h6-10H,11-12H2,1-5H3. The molecule has 2 rings (SSSR count). The van der Waals surface area contributed by atoms with Crippen molar-refractivity contribution < 1.29 is 9.53 Å². The molecule has 25 heavy (non-hydrogen) atoms. The van der Waals surface area contributed by atoms with Crippen molar-refractivity contribution in [2.24, 2.45) is 0 Å². The smallest absolute Gasteiger partial charge is 0.241 e. The molecule has 2 aromatic rings. The normalized spacial score (nSPS) is 11.8. The molecule has 2 heterocycles. The number of carbonyl (C=O) groups is 1. The monoisotopic (exact) mass is 365 g/mol. The zero-order valence-electron chi connectivity index (χ0n) is 15.2. The van der Waals surface area contributed by atoms with Crippen molar-refractivity contribution in [1.29, 1.82) is 0 Å². The number of pyridine rings is 1. The Morgan fingerprint density at radius 3 is 2.68 bits per heavy atom. The number of aromatic nitrogens is 3. The van der Waals surface area contributed by atoms with Crippen molar-refractivity contribution in [2.75, 3.05) is 32.3 Å². The van der Waals surface area contributed by atoms with Crippen LogP contribution in [-0.4, -0.2) is 58.5 Å². The highest BCUT2D eigenvalue weighted by Gasteiger charge is 2.20. The molecule has 1 amide bonds. The number of carbonyl (C=O) groups excluding carboxylic acids is 1. The minimum Gasteiger partial charge on any atom is -0.360 e. The summed E-state index contributed by atoms with van der Waals surface area (Å²) in [5.74, 6) is -0.104. The van der Waals surface area contributed by atoms with Gasteiger partial charge in [0, 0.05) is 13.2 Å². The summed E-state index contributed by atoms with van der Waals surface area (Å²) in [6, 6.07) is 3.67. The Kier molecular flexibility index (Phi) is 6.16. The molecule has 0 aromatic carbocycles. The van der Waals surface area contributed by atoms with E-state index in [4.69, 9.17) is 16.3 Å². The van der Waals surface area contributed by atoms with Gasteiger partial charge in [0.25, 0.3) is 0 Å². The molecule has 136 valence electrons. The van der Waals surface area contributed by atoms with Crippen LogP contribution in [0.25, 0.3) is 5.69 Å². The molecule has 0 spiro atoms. The summed E-state index contributed by atoms with van der Waals surface area (Å²) in [5, 5.41) is 4.50. The van der Waals surface area contributed by atoms with Gasteiger partial charge in [0.1, 0.15) is 5.69 Å². The summed E-state index contributed by atoms with van der Waals surface area (Å²) < 4.78 is 7.27. The highest BCUT2D eigenvalue weighted by Crippen LogP contribution is 2.25. The van der Waals surface area contributed by atoms with Crippen LogP contribution in [-0.2, 0) is 9.53 Å². The van der Waals surface area contributed by atoms with Crippen LogP contribution in [0.5, 0.6) is 0 Å². The van der Waals surface area contributed by atoms with E-state index in [0.29, 0.717) is 12.4 Å². The van der Waals surface area contributed by atoms with Crippen molar-refractivity contribution in [2.45, 2.75) is 26.4 Å². The lowest BCUT2D eigenvalue weighted by Crippen LogP contribution is -2.39. The fraction of sp³-hybridized carbons (Fsp3) is 0.471. The molecule has 8 heteroatoms. The number of nitrogens with zero attached hydrogens (tertiary/aromatic N) is 5. The molecule has 0 radical (unpaired) electrons. The van der Waals surface area contributed by atoms with Crippen molar-refractivity contribution in [1.82, 2.24) is 19.7 Å². The van der Waals surface area contributed by atoms with Gasteiger partial charge in [-0.05, 0) is 40.0 Å². The van der Waals surface area contributed by atoms with Gasteiger partial charge in [-0.15, -0.1) is 0 Å². The van der Waals surface area contributed by atoms with E-state index in [1.807, 2.05) is 44.9 Å². The Balaban J connectivity index is 2.03. The molecule has 0 atom stereocenters. The Labute approximate surface area is 153 Å². The summed E-state index contributed by atoms with van der Waals surface area (Å²) in [6.45, 7) is 6.50. The van der Waals surface area contributed by atoms with Gasteiger partial charge in [-0.3, -0.25) is 14.7 Å². The van der Waals surface area contributed by atoms with Crippen LogP contribution in [0.15, 0.2) is 30.7 Å². The SMILES string of the molecule is CN(COC(C)(C)C)CC(=O)N(C)c1cn(-c2cccnc2)nc1Cl. The van der Waals surface area contributed by atoms with Crippen LogP contribution >= 0.6 is 11.6 Å². The molecule has 0 fully saturated rings. The number of anilines is 1. The summed E-state index contributed by atoms with van der Waals surface area (Å²) in [5.41, 5.74) is 1.06. The number of likely N-dealkylation sites (N-methyl/N-ethyl adjacent to an activating group) is 2. The van der Waals surface area contributed by atoms with Crippen molar-refractivity contribution >= 4 is 23.2 Å². The maximum Gasteiger partial charge on any atom is 0.241 e. The number of rotatable bonds is 6. The summed E-state index contributed by atoms with van der Waals surface area (Å²) in [6.07, 6.45) is 5.07. The van der Waals surface area contributed by atoms with Crippen LogP contribution in [0.4, 0.5) is 5.69 Å². The molecule has 0 saturated heterocycles. The molecule has 7 nitrogen and oxygen atoms in total. The molecule has 0 bridgehead atoms. The maximum atomic E-state index is 12.5. The zero-order chi connectivity index (χ0) is 18.6. The van der Waals surface area contributed by atoms with Gasteiger partial charge in [0.05, 0.1) is 37.0 Å². The Hall–Kier alpha value is -1.96. The lowest BCUT2D eigenvalue weighted by Gasteiger charge is -2.25. The van der Waals surface area contributed by atoms with Gasteiger partial charge in [0.2, 0.25) is 5.91 Å². The molecule has 0 unspecified atom stereocenters. The van der Waals surface area contributed by atoms with Crippen LogP contribution in [0.1, 0.15) is 20.8 Å². The third-order valence-electron chi connectivity index (χ3n) is 3.42. The Morgan fingerprint density at radius 2 is 2.08 bits per heavy atom. The minimum atomic E-state index is -0.253. The van der Waals surface area contributed by atoms with Gasteiger partial charge in [-0.2, -0.15) is 5.10 Å². The van der Waals surface area contributed by atoms with Gasteiger partial charge < -0.3 is 9.64 Å². The second-order valence-corrected chi connectivity index (χ2v) is 7.17. The van der Waals surface area contributed by atoms with Gasteiger partial charge in [-0.1, -0.05) is 11.6 Å². The number of amides is 1. The van der Waals surface area contributed by atoms with E-state index in [9.17, 15) is 4.79 Å². The van der Waals surface area contributed by atoms with Gasteiger partial charge >= 0.3 is 0 Å². The maximum absolute atomic E-state index is 12.5. The summed E-state index contributed by atoms with van der Waals surface area (Å²) in [4.78, 5) is 19.9. The fourth-order valence-electron chi connectivity index (χ4n) is 2.01. The lowest BCUT2D eigenvalue weighted by molar-refractivity contribution is -0.122. The van der Waals surface area contributed by atoms with Gasteiger partial charge in [-0.25, -0.2) is 4.68 Å². The molecule has 2 aromatic heterocycles. The third kappa shape index (κ3) is 5.52. The fourth-order valence-corrected chi connectivity index (χ4v) is 2.27. The molecule has 0 N–H and O–H groups in total. The van der Waals surface area contributed by atoms with E-state index in [1.165, 1.54) is 4.90 Å². The van der Waals surface area contributed by atoms with Gasteiger partial charge in [0.15, 0.2) is 5.15 Å². The largest absolute Gasteiger partial charge is 0.360 e. The topological polar surface area (TPSA) is 63.5 Å². The predicted octanol–water partition coefficient (Wildman–Crippen LogP) is 2.59. The average Bonchev–Trinajstić information content (AvgIpc) is 2.94. The predicted molar refractivity (Wildman–Crippen MR) is 98.1 cm³/mol. The van der Waals surface area contributed by atoms with Crippen LogP contribution in [0.2, 0.25) is 5.15 Å². The van der Waals surface area contributed by atoms with Crippen molar-refractivity contribution in [3.8, 4) is 5.69 Å². The third-order valence-corrected chi connectivity index (χ3v) is 3.69. The molecular formula is C17H24ClN5O2. The first-order chi connectivity index (χ1) is 11.7. The molecule has 0 aliphatic heterocycles. The highest BCUT2D eigenvalue weighted by molar-refractivity contribution is 6.32. The first-order valence-electron chi connectivity index (χ1n) is 7.92. The number of hydrogen-bond acceptors (Lipinski definition) is 5. The van der Waals surface area contributed by atoms with Crippen LogP contribution in [0, 0.1) is 0 Å². The van der Waals surface area contributed by atoms with E-state index in [1.54, 1.807) is 30.3 Å². The lowest BCUT2D eigenvalue weighted by atomic mass is 10.2. The molecule has 0 aliphatic rings. The first kappa shape index (κ1) is 19.4. The minimum absolute atomic E-state index is 0.104. The van der Waals surface area contributed by atoms with Crippen LogP contribution in [0.3, 0.4) is 0 Å². The quantitative estimate of drug-likeness (QED) is 0.736. The van der Waals surface area contributed by atoms with Crippen molar-refractivity contribution in [3.05, 3.63) is 35.9 Å². The second kappa shape index (κ2) is 7.95. The van der Waals surface area contributed by atoms with E-state index in [2.05, 4.69) is 10.1 Å². The average molecular weight is 366 g/mol. The molecular weight excluding hydrogens is 342 g/mol. The zero-order valence-corrected chi connectivity index (χ0v) is 16.0. The molecule has 0 saturated carbocycles. The Bertz CT molecular complexity index is 712. The summed E-state index contributed by atoms with van der Waals surface area (Å²) >= 11 is 6.21. The van der Waals surface area contributed by atoms with Crippen LogP contribution < -0.4 is 4.90 Å². The van der Waals surface area contributed by atoms with E-state index < -0.39 is 0 Å². The second-order valence-electron chi connectivity index (χ2n) is 6.81. The first-order valence-corrected chi connectivity index (χ1v) is 8.30. The molecule has 0 aliphatic carbocycles. The summed E-state index contributed by atoms with van der Waals surface area (Å²) in [7, 11) is 3.51. The van der Waals surface area contributed by atoms with Crippen molar-refractivity contribution in [3.63, 3.8) is 0 Å². The number of halogens is 1. The van der Waals surface area contributed by atoms with E-state index in [-0.39, 0.29) is 23.2 Å². The highest BCUT2D eigenvalue weighted by atomic mass is 35.5.